The van der Waals surface area contributed by atoms with Crippen LogP contribution in [-0.2, 0) is 20.0 Å². The minimum absolute atomic E-state index is 0.662. The number of hydrogen-bond donors (Lipinski definition) is 0. The molecule has 0 aliphatic heterocycles. The molecule has 2 aromatic heterocycles. The van der Waals surface area contributed by atoms with Gasteiger partial charge in [-0.1, -0.05) is 23.2 Å². The molecule has 0 bridgehead atoms. The lowest BCUT2D eigenvalue weighted by Crippen LogP contribution is -2.04. The van der Waals surface area contributed by atoms with E-state index in [0.717, 1.165) is 29.7 Å². The van der Waals surface area contributed by atoms with Gasteiger partial charge in [0.15, 0.2) is 0 Å². The fourth-order valence-corrected chi connectivity index (χ4v) is 2.82. The molecule has 0 aliphatic carbocycles. The first-order valence-corrected chi connectivity index (χ1v) is 6.81. The van der Waals surface area contributed by atoms with Crippen molar-refractivity contribution < 1.29 is 0 Å². The van der Waals surface area contributed by atoms with E-state index in [0.29, 0.717) is 10.0 Å². The van der Waals surface area contributed by atoms with E-state index >= 15 is 0 Å². The van der Waals surface area contributed by atoms with Crippen LogP contribution in [0.25, 0.3) is 10.9 Å². The number of benzene rings is 1. The quantitative estimate of drug-likeness (QED) is 0.718. The number of imidazole rings is 1. The molecule has 0 radical (unpaired) electrons. The zero-order chi connectivity index (χ0) is 13.4. The second kappa shape index (κ2) is 4.91. The molecule has 3 aromatic rings. The predicted octanol–water partition coefficient (Wildman–Crippen LogP) is 3.92. The van der Waals surface area contributed by atoms with Crippen LogP contribution in [0.5, 0.6) is 0 Å². The van der Waals surface area contributed by atoms with Gasteiger partial charge >= 0.3 is 0 Å². The summed E-state index contributed by atoms with van der Waals surface area (Å²) in [5, 5.41) is 2.39. The van der Waals surface area contributed by atoms with Crippen LogP contribution in [0.15, 0.2) is 36.8 Å². The molecule has 3 rings (SSSR count). The predicted molar refractivity (Wildman–Crippen MR) is 78.9 cm³/mol. The van der Waals surface area contributed by atoms with Crippen LogP contribution in [0.4, 0.5) is 0 Å². The third kappa shape index (κ3) is 2.36. The summed E-state index contributed by atoms with van der Waals surface area (Å²) in [5.41, 5.74) is 1.06. The van der Waals surface area contributed by atoms with Crippen LogP contribution in [0, 0.1) is 0 Å². The Morgan fingerprint density at radius 2 is 2.05 bits per heavy atom. The second-order valence-electron chi connectivity index (χ2n) is 4.53. The number of fused-ring (bicyclic) bond motifs is 1. The summed E-state index contributed by atoms with van der Waals surface area (Å²) in [5.74, 6) is 1.06. The summed E-state index contributed by atoms with van der Waals surface area (Å²) in [6.07, 6.45) is 6.68. The van der Waals surface area contributed by atoms with Crippen LogP contribution < -0.4 is 0 Å². The summed E-state index contributed by atoms with van der Waals surface area (Å²) in [7, 11) is 2.00. The molecule has 0 saturated heterocycles. The topological polar surface area (TPSA) is 22.8 Å². The molecule has 19 heavy (non-hydrogen) atoms. The summed E-state index contributed by atoms with van der Waals surface area (Å²) in [6.45, 7) is 0.852. The van der Waals surface area contributed by atoms with Crippen LogP contribution in [0.3, 0.4) is 0 Å². The van der Waals surface area contributed by atoms with Gasteiger partial charge in [0.05, 0.1) is 10.5 Å². The molecule has 0 fully saturated rings. The Balaban J connectivity index is 1.91. The van der Waals surface area contributed by atoms with Gasteiger partial charge in [0.1, 0.15) is 5.82 Å². The van der Waals surface area contributed by atoms with E-state index in [1.54, 1.807) is 6.07 Å². The molecule has 0 saturated carbocycles. The average molecular weight is 294 g/mol. The second-order valence-corrected chi connectivity index (χ2v) is 5.38. The minimum atomic E-state index is 0.662. The van der Waals surface area contributed by atoms with Crippen molar-refractivity contribution in [2.75, 3.05) is 0 Å². The van der Waals surface area contributed by atoms with E-state index in [1.807, 2.05) is 42.3 Å². The maximum atomic E-state index is 6.19. The normalized spacial score (nSPS) is 11.3. The summed E-state index contributed by atoms with van der Waals surface area (Å²) < 4.78 is 4.19. The highest BCUT2D eigenvalue weighted by atomic mass is 35.5. The molecule has 0 N–H and O–H groups in total. The van der Waals surface area contributed by atoms with Crippen molar-refractivity contribution in [2.45, 2.75) is 13.0 Å². The van der Waals surface area contributed by atoms with Gasteiger partial charge in [-0.05, 0) is 18.2 Å². The van der Waals surface area contributed by atoms with Crippen molar-refractivity contribution in [2.24, 2.45) is 7.05 Å². The van der Waals surface area contributed by atoms with Gasteiger partial charge in [-0.2, -0.15) is 0 Å². The largest absolute Gasteiger partial charge is 0.347 e. The van der Waals surface area contributed by atoms with Gasteiger partial charge in [0, 0.05) is 49.0 Å². The molecule has 3 nitrogen and oxygen atoms in total. The highest BCUT2D eigenvalue weighted by molar-refractivity contribution is 6.38. The number of rotatable bonds is 3. The molecule has 0 atom stereocenters. The van der Waals surface area contributed by atoms with E-state index in [1.165, 1.54) is 0 Å². The third-order valence-corrected chi connectivity index (χ3v) is 3.83. The molecule has 0 unspecified atom stereocenters. The number of hydrogen-bond acceptors (Lipinski definition) is 1. The molecule has 0 aliphatic rings. The van der Waals surface area contributed by atoms with E-state index in [-0.39, 0.29) is 0 Å². The monoisotopic (exact) mass is 293 g/mol. The first-order chi connectivity index (χ1) is 9.15. The smallest absolute Gasteiger partial charge is 0.110 e. The molecular weight excluding hydrogens is 281 g/mol. The first kappa shape index (κ1) is 12.6. The highest BCUT2D eigenvalue weighted by Crippen LogP contribution is 2.28. The van der Waals surface area contributed by atoms with Gasteiger partial charge in [-0.15, -0.1) is 0 Å². The summed E-state index contributed by atoms with van der Waals surface area (Å²) in [6, 6.07) is 5.74. The average Bonchev–Trinajstić information content (AvgIpc) is 2.93. The molecule has 2 heterocycles. The number of halogens is 2. The van der Waals surface area contributed by atoms with Crippen LogP contribution in [0.2, 0.25) is 10.0 Å². The van der Waals surface area contributed by atoms with Crippen LogP contribution in [0.1, 0.15) is 5.82 Å². The van der Waals surface area contributed by atoms with Gasteiger partial charge in [0.2, 0.25) is 0 Å². The molecule has 0 amide bonds. The Bertz CT molecular complexity index is 727. The molecule has 98 valence electrons. The zero-order valence-corrected chi connectivity index (χ0v) is 12.0. The Morgan fingerprint density at radius 3 is 2.79 bits per heavy atom. The lowest BCUT2D eigenvalue weighted by molar-refractivity contribution is 0.668. The van der Waals surface area contributed by atoms with Crippen molar-refractivity contribution in [3.05, 3.63) is 52.7 Å². The van der Waals surface area contributed by atoms with Crippen LogP contribution >= 0.6 is 23.2 Å². The van der Waals surface area contributed by atoms with Crippen molar-refractivity contribution >= 4 is 34.1 Å². The Morgan fingerprint density at radius 1 is 1.21 bits per heavy atom. The molecule has 0 spiro atoms. The minimum Gasteiger partial charge on any atom is -0.347 e. The van der Waals surface area contributed by atoms with Crippen molar-refractivity contribution in [1.82, 2.24) is 14.1 Å². The molecule has 5 heteroatoms. The van der Waals surface area contributed by atoms with E-state index in [4.69, 9.17) is 23.2 Å². The number of aryl methyl sites for hydroxylation is 3. The standard InChI is InChI=1S/C14H13Cl2N3/c1-18-7-4-17-14(18)3-6-19-5-2-11-12(16)8-10(15)9-13(11)19/h2,4-5,7-9H,3,6H2,1H3. The first-order valence-electron chi connectivity index (χ1n) is 6.05. The Labute approximate surface area is 121 Å². The van der Waals surface area contributed by atoms with E-state index in [9.17, 15) is 0 Å². The van der Waals surface area contributed by atoms with E-state index in [2.05, 4.69) is 9.55 Å². The van der Waals surface area contributed by atoms with Gasteiger partial charge in [-0.3, -0.25) is 0 Å². The number of aromatic nitrogens is 3. The van der Waals surface area contributed by atoms with Crippen LogP contribution in [-0.4, -0.2) is 14.1 Å². The maximum Gasteiger partial charge on any atom is 0.110 e. The lowest BCUT2D eigenvalue weighted by atomic mass is 10.2. The lowest BCUT2D eigenvalue weighted by Gasteiger charge is -2.06. The molecule has 1 aromatic carbocycles. The summed E-state index contributed by atoms with van der Waals surface area (Å²) in [4.78, 5) is 4.33. The van der Waals surface area contributed by atoms with E-state index < -0.39 is 0 Å². The Kier molecular flexibility index (Phi) is 3.25. The van der Waals surface area contributed by atoms with Crippen molar-refractivity contribution in [1.29, 1.82) is 0 Å². The van der Waals surface area contributed by atoms with Crippen molar-refractivity contribution in [3.8, 4) is 0 Å². The molecular formula is C14H13Cl2N3. The highest BCUT2D eigenvalue weighted by Gasteiger charge is 2.07. The summed E-state index contributed by atoms with van der Waals surface area (Å²) >= 11 is 12.2. The zero-order valence-electron chi connectivity index (χ0n) is 10.5. The fraction of sp³-hybridized carbons (Fsp3) is 0.214. The van der Waals surface area contributed by atoms with Gasteiger partial charge in [-0.25, -0.2) is 4.98 Å². The number of nitrogens with zero attached hydrogens (tertiary/aromatic N) is 3. The maximum absolute atomic E-state index is 6.19. The third-order valence-electron chi connectivity index (χ3n) is 3.30. The fourth-order valence-electron chi connectivity index (χ4n) is 2.27. The van der Waals surface area contributed by atoms with Crippen molar-refractivity contribution in [3.63, 3.8) is 0 Å². The van der Waals surface area contributed by atoms with Gasteiger partial charge in [0.25, 0.3) is 0 Å². The SMILES string of the molecule is Cn1ccnc1CCn1ccc2c(Cl)cc(Cl)cc21. The Hall–Kier alpha value is -1.45. The van der Waals surface area contributed by atoms with Gasteiger partial charge < -0.3 is 9.13 Å².